The van der Waals surface area contributed by atoms with Gasteiger partial charge in [-0.3, -0.25) is 9.80 Å². The summed E-state index contributed by atoms with van der Waals surface area (Å²) >= 11 is 0. The predicted molar refractivity (Wildman–Crippen MR) is 147 cm³/mol. The average Bonchev–Trinajstić information content (AvgIpc) is 3.17. The zero-order valence-electron chi connectivity index (χ0n) is 22.1. The van der Waals surface area contributed by atoms with Crippen molar-refractivity contribution < 1.29 is 10.2 Å². The van der Waals surface area contributed by atoms with Crippen LogP contribution in [0.2, 0.25) is 0 Å². The summed E-state index contributed by atoms with van der Waals surface area (Å²) < 4.78 is 0. The van der Waals surface area contributed by atoms with Gasteiger partial charge in [-0.2, -0.15) is 0 Å². The van der Waals surface area contributed by atoms with Gasteiger partial charge < -0.3 is 20.4 Å². The Hall–Kier alpha value is -2.92. The monoisotopic (exact) mass is 518 g/mol. The van der Waals surface area contributed by atoms with Crippen molar-refractivity contribution in [3.63, 3.8) is 0 Å². The van der Waals surface area contributed by atoms with Gasteiger partial charge >= 0.3 is 0 Å². The molecule has 6 heterocycles. The molecule has 10 nitrogen and oxygen atoms in total. The number of aliphatic hydroxyl groups excluding tert-OH is 2. The third-order valence-electron chi connectivity index (χ3n) is 8.29. The van der Waals surface area contributed by atoms with Crippen LogP contribution < -0.4 is 10.2 Å². The summed E-state index contributed by atoms with van der Waals surface area (Å²) in [5.41, 5.74) is 2.65. The summed E-state index contributed by atoms with van der Waals surface area (Å²) in [6, 6.07) is 6.96. The first kappa shape index (κ1) is 25.4. The minimum absolute atomic E-state index is 0.222. The van der Waals surface area contributed by atoms with Gasteiger partial charge in [-0.15, -0.1) is 0 Å². The van der Waals surface area contributed by atoms with Gasteiger partial charge in [0.1, 0.15) is 11.3 Å². The number of nitrogens with zero attached hydrogens (tertiary/aromatic N) is 7. The summed E-state index contributed by atoms with van der Waals surface area (Å²) in [6.45, 7) is 7.57. The highest BCUT2D eigenvalue weighted by Crippen LogP contribution is 2.41. The lowest BCUT2D eigenvalue weighted by Crippen LogP contribution is -2.46. The van der Waals surface area contributed by atoms with E-state index < -0.39 is 6.10 Å². The Kier molecular flexibility index (Phi) is 7.38. The molecule has 0 amide bonds. The first-order valence-corrected chi connectivity index (χ1v) is 14.0. The Morgan fingerprint density at radius 1 is 0.974 bits per heavy atom. The van der Waals surface area contributed by atoms with Crippen molar-refractivity contribution in [1.29, 1.82) is 0 Å². The molecule has 3 aromatic rings. The lowest BCUT2D eigenvalue weighted by atomic mass is 10.0. The van der Waals surface area contributed by atoms with Crippen LogP contribution in [0.3, 0.4) is 0 Å². The fourth-order valence-electron chi connectivity index (χ4n) is 6.24. The van der Waals surface area contributed by atoms with E-state index in [2.05, 4.69) is 36.1 Å². The molecule has 10 heteroatoms. The van der Waals surface area contributed by atoms with Crippen LogP contribution in [0.15, 0.2) is 30.6 Å². The highest BCUT2D eigenvalue weighted by Gasteiger charge is 2.38. The van der Waals surface area contributed by atoms with Gasteiger partial charge in [-0.05, 0) is 56.7 Å². The van der Waals surface area contributed by atoms with Gasteiger partial charge in [-0.1, -0.05) is 6.07 Å². The molecule has 0 aromatic carbocycles. The van der Waals surface area contributed by atoms with Crippen LogP contribution in [-0.4, -0.2) is 91.4 Å². The molecular formula is C28H38N8O2. The molecule has 3 N–H and O–H groups in total. The lowest BCUT2D eigenvalue weighted by molar-refractivity contribution is 0.108. The third-order valence-corrected chi connectivity index (χ3v) is 8.29. The minimum atomic E-state index is -0.648. The molecule has 3 unspecified atom stereocenters. The summed E-state index contributed by atoms with van der Waals surface area (Å²) in [5, 5.41) is 23.6. The average molecular weight is 519 g/mol. The fourth-order valence-corrected chi connectivity index (χ4v) is 6.24. The van der Waals surface area contributed by atoms with Crippen molar-refractivity contribution in [2.75, 3.05) is 49.5 Å². The van der Waals surface area contributed by atoms with Crippen molar-refractivity contribution in [1.82, 2.24) is 29.7 Å². The van der Waals surface area contributed by atoms with Crippen LogP contribution in [0.4, 0.5) is 17.6 Å². The van der Waals surface area contributed by atoms with E-state index in [9.17, 15) is 5.11 Å². The topological polar surface area (TPSA) is 114 Å². The van der Waals surface area contributed by atoms with Crippen molar-refractivity contribution in [3.8, 4) is 0 Å². The number of aliphatic hydroxyl groups is 2. The van der Waals surface area contributed by atoms with E-state index in [1.807, 2.05) is 24.5 Å². The lowest BCUT2D eigenvalue weighted by Gasteiger charge is -2.36. The van der Waals surface area contributed by atoms with Crippen LogP contribution in [0, 0.1) is 0 Å². The molecular weight excluding hydrogens is 480 g/mol. The van der Waals surface area contributed by atoms with Gasteiger partial charge in [0, 0.05) is 69.1 Å². The molecule has 3 atom stereocenters. The highest BCUT2D eigenvalue weighted by atomic mass is 16.3. The predicted octanol–water partition coefficient (Wildman–Crippen LogP) is 2.85. The molecule has 38 heavy (non-hydrogen) atoms. The van der Waals surface area contributed by atoms with Gasteiger partial charge in [0.15, 0.2) is 5.82 Å². The fraction of sp³-hybridized carbons (Fsp3) is 0.571. The van der Waals surface area contributed by atoms with Crippen LogP contribution >= 0.6 is 0 Å². The zero-order chi connectivity index (χ0) is 26.1. The number of rotatable bonds is 8. The van der Waals surface area contributed by atoms with E-state index in [1.54, 1.807) is 6.92 Å². The SMILES string of the molecule is CC(O)c1cc2cnc(Nc3ccc(CN4CCN(CCO)CC4)cn3)nc2c(N2C3CCCC2CC3)n1. The highest BCUT2D eigenvalue weighted by molar-refractivity contribution is 5.90. The molecule has 202 valence electrons. The van der Waals surface area contributed by atoms with Crippen molar-refractivity contribution in [2.24, 2.45) is 0 Å². The number of pyridine rings is 2. The number of nitrogens with one attached hydrogen (secondary N) is 1. The molecule has 0 spiro atoms. The smallest absolute Gasteiger partial charge is 0.229 e. The van der Waals surface area contributed by atoms with E-state index in [0.29, 0.717) is 29.5 Å². The van der Waals surface area contributed by atoms with E-state index in [4.69, 9.17) is 15.1 Å². The summed E-state index contributed by atoms with van der Waals surface area (Å²) in [5.74, 6) is 2.07. The first-order valence-electron chi connectivity index (χ1n) is 14.0. The summed E-state index contributed by atoms with van der Waals surface area (Å²) in [4.78, 5) is 26.2. The Morgan fingerprint density at radius 3 is 2.42 bits per heavy atom. The van der Waals surface area contributed by atoms with E-state index in [-0.39, 0.29) is 6.61 Å². The van der Waals surface area contributed by atoms with Crippen LogP contribution in [-0.2, 0) is 6.54 Å². The molecule has 0 aliphatic carbocycles. The molecule has 3 aromatic heterocycles. The first-order chi connectivity index (χ1) is 18.6. The number of fused-ring (bicyclic) bond motifs is 3. The Balaban J connectivity index is 1.19. The second-order valence-electron chi connectivity index (χ2n) is 10.9. The molecule has 0 saturated carbocycles. The molecule has 0 radical (unpaired) electrons. The van der Waals surface area contributed by atoms with Crippen LogP contribution in [0.1, 0.15) is 56.4 Å². The zero-order valence-corrected chi connectivity index (χ0v) is 22.1. The maximum atomic E-state index is 10.3. The summed E-state index contributed by atoms with van der Waals surface area (Å²) in [7, 11) is 0. The van der Waals surface area contributed by atoms with E-state index >= 15 is 0 Å². The molecule has 3 fully saturated rings. The number of aromatic nitrogens is 4. The Morgan fingerprint density at radius 2 is 1.74 bits per heavy atom. The number of piperazine rings is 1. The largest absolute Gasteiger partial charge is 0.395 e. The number of hydrogen-bond acceptors (Lipinski definition) is 10. The maximum absolute atomic E-state index is 10.3. The molecule has 3 aliphatic rings. The Labute approximate surface area is 223 Å². The Bertz CT molecular complexity index is 1230. The maximum Gasteiger partial charge on any atom is 0.229 e. The van der Waals surface area contributed by atoms with Gasteiger partial charge in [0.05, 0.1) is 18.4 Å². The second-order valence-corrected chi connectivity index (χ2v) is 10.9. The number of piperidine rings is 1. The normalized spacial score (nSPS) is 23.2. The third kappa shape index (κ3) is 5.31. The van der Waals surface area contributed by atoms with Crippen LogP contribution in [0.25, 0.3) is 10.9 Å². The molecule has 6 rings (SSSR count). The second kappa shape index (κ2) is 11.1. The van der Waals surface area contributed by atoms with Crippen molar-refractivity contribution in [2.45, 2.75) is 63.8 Å². The molecule has 3 saturated heterocycles. The molecule has 2 bridgehead atoms. The molecule has 3 aliphatic heterocycles. The van der Waals surface area contributed by atoms with Gasteiger partial charge in [0.25, 0.3) is 0 Å². The quantitative estimate of drug-likeness (QED) is 0.411. The van der Waals surface area contributed by atoms with Crippen LogP contribution in [0.5, 0.6) is 0 Å². The minimum Gasteiger partial charge on any atom is -0.395 e. The van der Waals surface area contributed by atoms with Crippen molar-refractivity contribution >= 4 is 28.5 Å². The number of β-amino-alcohol motifs (C(OH)–C–C–N with tert-alkyl or cyclic N) is 1. The van der Waals surface area contributed by atoms with Gasteiger partial charge in [0.2, 0.25) is 5.95 Å². The van der Waals surface area contributed by atoms with Gasteiger partial charge in [-0.25, -0.2) is 19.9 Å². The standard InChI is InChI=1S/C28H38N8O2/c1-19(38)24-15-21-17-30-28(33-26(21)27(31-24)36-22-3-2-4-23(36)7-6-22)32-25-8-5-20(16-29-25)18-35-11-9-34(10-12-35)13-14-37/h5,8,15-17,19,22-23,37-38H,2-4,6-7,9-14,18H2,1H3,(H,29,30,32,33). The summed E-state index contributed by atoms with van der Waals surface area (Å²) in [6.07, 6.45) is 9.10. The van der Waals surface area contributed by atoms with E-state index in [0.717, 1.165) is 56.0 Å². The number of hydrogen-bond donors (Lipinski definition) is 3. The van der Waals surface area contributed by atoms with E-state index in [1.165, 1.54) is 37.7 Å². The number of anilines is 3. The van der Waals surface area contributed by atoms with Crippen molar-refractivity contribution in [3.05, 3.63) is 41.9 Å².